The van der Waals surface area contributed by atoms with Gasteiger partial charge in [0, 0.05) is 19.6 Å². The van der Waals surface area contributed by atoms with Crippen molar-refractivity contribution in [2.75, 3.05) is 27.2 Å². The van der Waals surface area contributed by atoms with E-state index in [9.17, 15) is 9.90 Å². The van der Waals surface area contributed by atoms with Crippen LogP contribution in [0.5, 0.6) is 5.75 Å². The average molecular weight is 348 g/mol. The summed E-state index contributed by atoms with van der Waals surface area (Å²) in [5.41, 5.74) is 1.42. The molecular formula is C22H24N2O2. The fourth-order valence-corrected chi connectivity index (χ4v) is 2.95. The molecule has 0 heterocycles. The maximum absolute atomic E-state index is 13.2. The maximum atomic E-state index is 13.2. The van der Waals surface area contributed by atoms with Crippen molar-refractivity contribution >= 4 is 16.7 Å². The number of nitrogens with zero attached hydrogens (tertiary/aromatic N) is 2. The topological polar surface area (TPSA) is 43.8 Å². The van der Waals surface area contributed by atoms with Crippen LogP contribution in [-0.2, 0) is 6.54 Å². The number of benzene rings is 3. The molecule has 4 heteroatoms. The minimum atomic E-state index is -0.154. The van der Waals surface area contributed by atoms with Crippen LogP contribution in [0.2, 0.25) is 0 Å². The third-order valence-electron chi connectivity index (χ3n) is 4.42. The summed E-state index contributed by atoms with van der Waals surface area (Å²) in [6.07, 6.45) is 0. The normalized spacial score (nSPS) is 11.0. The van der Waals surface area contributed by atoms with Crippen LogP contribution in [0.15, 0.2) is 66.7 Å². The van der Waals surface area contributed by atoms with Crippen LogP contribution in [0.3, 0.4) is 0 Å². The molecule has 0 saturated heterocycles. The molecule has 0 bridgehead atoms. The Balaban J connectivity index is 1.92. The molecule has 0 aliphatic carbocycles. The third kappa shape index (κ3) is 4.21. The van der Waals surface area contributed by atoms with Gasteiger partial charge in [0.1, 0.15) is 5.75 Å². The summed E-state index contributed by atoms with van der Waals surface area (Å²) in [7, 11) is 3.97. The Labute approximate surface area is 154 Å². The van der Waals surface area contributed by atoms with Gasteiger partial charge in [-0.15, -0.1) is 0 Å². The Bertz CT molecular complexity index is 891. The molecule has 0 atom stereocenters. The molecule has 4 nitrogen and oxygen atoms in total. The average Bonchev–Trinajstić information content (AvgIpc) is 2.64. The van der Waals surface area contributed by atoms with Crippen molar-refractivity contribution in [3.63, 3.8) is 0 Å². The Morgan fingerprint density at radius 3 is 2.15 bits per heavy atom. The Morgan fingerprint density at radius 2 is 1.50 bits per heavy atom. The van der Waals surface area contributed by atoms with E-state index in [2.05, 4.69) is 0 Å². The van der Waals surface area contributed by atoms with Crippen LogP contribution in [0, 0.1) is 0 Å². The van der Waals surface area contributed by atoms with Gasteiger partial charge in [0.2, 0.25) is 0 Å². The monoisotopic (exact) mass is 348 g/mol. The van der Waals surface area contributed by atoms with Crippen molar-refractivity contribution < 1.29 is 9.90 Å². The van der Waals surface area contributed by atoms with Gasteiger partial charge in [0.25, 0.3) is 5.91 Å². The molecule has 0 fully saturated rings. The van der Waals surface area contributed by atoms with Crippen molar-refractivity contribution in [2.24, 2.45) is 0 Å². The molecule has 3 rings (SSSR count). The highest BCUT2D eigenvalue weighted by atomic mass is 16.3. The van der Waals surface area contributed by atoms with E-state index in [1.54, 1.807) is 17.0 Å². The van der Waals surface area contributed by atoms with E-state index in [4.69, 9.17) is 0 Å². The van der Waals surface area contributed by atoms with Gasteiger partial charge in [-0.25, -0.2) is 0 Å². The summed E-state index contributed by atoms with van der Waals surface area (Å²) >= 11 is 0. The highest BCUT2D eigenvalue weighted by Gasteiger charge is 2.20. The molecule has 0 unspecified atom stereocenters. The van der Waals surface area contributed by atoms with Gasteiger partial charge in [-0.1, -0.05) is 54.6 Å². The van der Waals surface area contributed by atoms with E-state index in [1.165, 1.54) is 0 Å². The van der Waals surface area contributed by atoms with E-state index in [0.29, 0.717) is 18.7 Å². The summed E-state index contributed by atoms with van der Waals surface area (Å²) < 4.78 is 0. The van der Waals surface area contributed by atoms with E-state index < -0.39 is 0 Å². The van der Waals surface area contributed by atoms with Crippen LogP contribution in [0.4, 0.5) is 0 Å². The van der Waals surface area contributed by atoms with Crippen LogP contribution in [0.25, 0.3) is 10.8 Å². The van der Waals surface area contributed by atoms with Gasteiger partial charge in [0.15, 0.2) is 0 Å². The molecule has 0 aliphatic rings. The first-order valence-electron chi connectivity index (χ1n) is 8.74. The predicted octanol–water partition coefficient (Wildman–Crippen LogP) is 3.75. The van der Waals surface area contributed by atoms with Crippen molar-refractivity contribution in [1.29, 1.82) is 0 Å². The van der Waals surface area contributed by atoms with Gasteiger partial charge < -0.3 is 14.9 Å². The van der Waals surface area contributed by atoms with Crippen molar-refractivity contribution in [2.45, 2.75) is 6.54 Å². The number of fused-ring (bicyclic) bond motifs is 1. The number of aromatic hydroxyl groups is 1. The molecule has 1 amide bonds. The van der Waals surface area contributed by atoms with E-state index >= 15 is 0 Å². The first-order chi connectivity index (χ1) is 12.5. The molecule has 134 valence electrons. The second-order valence-electron chi connectivity index (χ2n) is 6.73. The van der Waals surface area contributed by atoms with Crippen LogP contribution < -0.4 is 0 Å². The van der Waals surface area contributed by atoms with Crippen LogP contribution in [-0.4, -0.2) is 48.0 Å². The second kappa shape index (κ2) is 8.02. The Morgan fingerprint density at radius 1 is 0.885 bits per heavy atom. The minimum Gasteiger partial charge on any atom is -0.507 e. The standard InChI is InChI=1S/C22H24N2O2/c1-23(2)12-13-24(16-17-8-4-3-5-9-17)22(26)20-14-18-10-6-7-11-19(18)15-21(20)25/h3-11,14-15,25H,12-13,16H2,1-2H3. The van der Waals surface area contributed by atoms with E-state index in [0.717, 1.165) is 22.9 Å². The lowest BCUT2D eigenvalue weighted by Crippen LogP contribution is -2.36. The number of carbonyl (C=O) groups excluding carboxylic acids is 1. The molecule has 0 aromatic heterocycles. The zero-order chi connectivity index (χ0) is 18.5. The molecule has 3 aromatic rings. The highest BCUT2D eigenvalue weighted by Crippen LogP contribution is 2.26. The minimum absolute atomic E-state index is 0.0246. The first kappa shape index (κ1) is 18.0. The maximum Gasteiger partial charge on any atom is 0.257 e. The summed E-state index contributed by atoms with van der Waals surface area (Å²) in [5, 5.41) is 12.3. The molecule has 0 aliphatic heterocycles. The number of amides is 1. The fraction of sp³-hybridized carbons (Fsp3) is 0.227. The lowest BCUT2D eigenvalue weighted by Gasteiger charge is -2.25. The number of phenolic OH excluding ortho intramolecular Hbond substituents is 1. The lowest BCUT2D eigenvalue weighted by molar-refractivity contribution is 0.0729. The van der Waals surface area contributed by atoms with E-state index in [1.807, 2.05) is 73.6 Å². The van der Waals surface area contributed by atoms with E-state index in [-0.39, 0.29) is 11.7 Å². The number of hydrogen-bond acceptors (Lipinski definition) is 3. The number of rotatable bonds is 6. The van der Waals surface area contributed by atoms with Gasteiger partial charge in [-0.3, -0.25) is 4.79 Å². The zero-order valence-corrected chi connectivity index (χ0v) is 15.2. The third-order valence-corrected chi connectivity index (χ3v) is 4.42. The summed E-state index contributed by atoms with van der Waals surface area (Å²) in [4.78, 5) is 17.0. The largest absolute Gasteiger partial charge is 0.507 e. The Hall–Kier alpha value is -2.85. The van der Waals surface area contributed by atoms with Gasteiger partial charge in [0.05, 0.1) is 5.56 Å². The van der Waals surface area contributed by atoms with Crippen molar-refractivity contribution in [3.05, 3.63) is 77.9 Å². The predicted molar refractivity (Wildman–Crippen MR) is 105 cm³/mol. The molecular weight excluding hydrogens is 324 g/mol. The first-order valence-corrected chi connectivity index (χ1v) is 8.74. The lowest BCUT2D eigenvalue weighted by atomic mass is 10.0. The fourth-order valence-electron chi connectivity index (χ4n) is 2.95. The summed E-state index contributed by atoms with van der Waals surface area (Å²) in [6.45, 7) is 1.86. The molecule has 26 heavy (non-hydrogen) atoms. The number of phenols is 1. The molecule has 3 aromatic carbocycles. The summed E-state index contributed by atoms with van der Waals surface area (Å²) in [6, 6.07) is 21.1. The molecule has 0 spiro atoms. The SMILES string of the molecule is CN(C)CCN(Cc1ccccc1)C(=O)c1cc2ccccc2cc1O. The summed E-state index contributed by atoms with van der Waals surface area (Å²) in [5.74, 6) is -0.129. The number of carbonyl (C=O) groups is 1. The van der Waals surface area contributed by atoms with Gasteiger partial charge in [-0.05, 0) is 42.6 Å². The van der Waals surface area contributed by atoms with Crippen molar-refractivity contribution in [3.8, 4) is 5.75 Å². The number of hydrogen-bond donors (Lipinski definition) is 1. The number of likely N-dealkylation sites (N-methyl/N-ethyl adjacent to an activating group) is 1. The Kier molecular flexibility index (Phi) is 5.54. The van der Waals surface area contributed by atoms with Gasteiger partial charge in [-0.2, -0.15) is 0 Å². The quantitative estimate of drug-likeness (QED) is 0.738. The van der Waals surface area contributed by atoms with Crippen LogP contribution >= 0.6 is 0 Å². The van der Waals surface area contributed by atoms with Crippen molar-refractivity contribution in [1.82, 2.24) is 9.80 Å². The highest BCUT2D eigenvalue weighted by molar-refractivity contribution is 6.01. The second-order valence-corrected chi connectivity index (χ2v) is 6.73. The smallest absolute Gasteiger partial charge is 0.257 e. The van der Waals surface area contributed by atoms with Gasteiger partial charge >= 0.3 is 0 Å². The molecule has 0 saturated carbocycles. The molecule has 0 radical (unpaired) electrons. The van der Waals surface area contributed by atoms with Crippen LogP contribution in [0.1, 0.15) is 15.9 Å². The zero-order valence-electron chi connectivity index (χ0n) is 15.2. The molecule has 1 N–H and O–H groups in total.